The van der Waals surface area contributed by atoms with Gasteiger partial charge < -0.3 is 24.8 Å². The van der Waals surface area contributed by atoms with Gasteiger partial charge in [-0.2, -0.15) is 0 Å². The molecule has 0 aliphatic heterocycles. The molecule has 0 nitrogen and oxygen atoms in total. The minimum Gasteiger partial charge on any atom is -1.00 e. The molecule has 2 aromatic carbocycles. The minimum absolute atomic E-state index is 0. The number of hydrogen-bond acceptors (Lipinski definition) is 0. The molecule has 2 aromatic rings. The van der Waals surface area contributed by atoms with Crippen molar-refractivity contribution in [1.29, 1.82) is 0 Å². The Labute approximate surface area is 307 Å². The fourth-order valence-electron chi connectivity index (χ4n) is 9.01. The number of rotatable bonds is 8. The molecule has 252 valence electrons. The maximum atomic E-state index is 2.74. The second-order valence-electron chi connectivity index (χ2n) is 17.0. The first-order valence-electron chi connectivity index (χ1n) is 18.0. The van der Waals surface area contributed by atoms with Crippen LogP contribution in [0.3, 0.4) is 0 Å². The van der Waals surface area contributed by atoms with Crippen LogP contribution in [0.1, 0.15) is 159 Å². The van der Waals surface area contributed by atoms with Gasteiger partial charge in [-0.1, -0.05) is 0 Å². The zero-order valence-electron chi connectivity index (χ0n) is 31.3. The van der Waals surface area contributed by atoms with Crippen LogP contribution in [-0.2, 0) is 32.1 Å². The summed E-state index contributed by atoms with van der Waals surface area (Å²) in [5.41, 5.74) is 17.3. The third-order valence-electron chi connectivity index (χ3n) is 11.4. The Morgan fingerprint density at radius 3 is 1.55 bits per heavy atom. The molecule has 47 heavy (non-hydrogen) atoms. The zero-order valence-corrected chi connectivity index (χ0v) is 35.2. The molecule has 0 amide bonds. The van der Waals surface area contributed by atoms with Crippen LogP contribution >= 0.6 is 0 Å². The monoisotopic (exact) mass is 746 g/mol. The molecule has 0 bridgehead atoms. The van der Waals surface area contributed by atoms with E-state index in [1.165, 1.54) is 71.9 Å². The summed E-state index contributed by atoms with van der Waals surface area (Å²) in [6.07, 6.45) is 18.3. The summed E-state index contributed by atoms with van der Waals surface area (Å²) in [5.74, 6) is 0.545. The molecular weight excluding hydrogens is 691 g/mol. The first kappa shape index (κ1) is 38.5. The molecule has 4 aliphatic rings. The Bertz CT molecular complexity index is 1640. The Morgan fingerprint density at radius 2 is 1.17 bits per heavy atom. The molecule has 1 atom stereocenters. The summed E-state index contributed by atoms with van der Waals surface area (Å²) in [6.45, 7) is 28.9. The van der Waals surface area contributed by atoms with Crippen molar-refractivity contribution in [2.45, 2.75) is 136 Å². The first-order chi connectivity index (χ1) is 21.1. The predicted octanol–water partition coefficient (Wildman–Crippen LogP) is 6.83. The molecular formula is C44H58Cl2Zr. The van der Waals surface area contributed by atoms with Crippen LogP contribution in [0.5, 0.6) is 0 Å². The summed E-state index contributed by atoms with van der Waals surface area (Å²) >= 11 is -2.49. The molecule has 0 heterocycles. The number of allylic oxidation sites excluding steroid dienone is 8. The van der Waals surface area contributed by atoms with E-state index in [1.54, 1.807) is 27.8 Å². The molecule has 0 N–H and O–H groups in total. The van der Waals surface area contributed by atoms with Crippen molar-refractivity contribution in [1.82, 2.24) is 0 Å². The molecule has 0 spiro atoms. The van der Waals surface area contributed by atoms with Crippen molar-refractivity contribution in [2.24, 2.45) is 11.3 Å². The van der Waals surface area contributed by atoms with Crippen molar-refractivity contribution in [3.63, 3.8) is 0 Å². The van der Waals surface area contributed by atoms with Crippen molar-refractivity contribution in [2.75, 3.05) is 0 Å². The SMILES string of the molecule is CCCC[C](CCCC)=[Zr+2]([C]1=CC(C(C)(C)C)=CC1C)[CH]1c2cc3c(cc2-c2cc4c(cc21)C(C)(C)C=C4C)C(C)=CC3(C)C.[Cl-].[Cl-]. The molecule has 0 saturated heterocycles. The smallest absolute Gasteiger partial charge is 1.00 e. The Balaban J connectivity index is 0.00000250. The second kappa shape index (κ2) is 13.8. The fraction of sp³-hybridized carbons (Fsp3) is 0.523. The van der Waals surface area contributed by atoms with E-state index in [2.05, 4.69) is 132 Å². The van der Waals surface area contributed by atoms with E-state index in [4.69, 9.17) is 0 Å². The maximum Gasteiger partial charge on any atom is -1.00 e. The topological polar surface area (TPSA) is 0 Å². The van der Waals surface area contributed by atoms with Gasteiger partial charge in [0.25, 0.3) is 0 Å². The third kappa shape index (κ3) is 6.66. The normalized spacial score (nSPS) is 19.6. The molecule has 0 radical (unpaired) electrons. The van der Waals surface area contributed by atoms with E-state index in [9.17, 15) is 0 Å². The molecule has 0 saturated carbocycles. The standard InChI is InChI=1S/C25H25.C10H15.C9H18.2ClH.Zr/c1-14-12-24(3,4)22-8-16-7-17-9-23-19(15(2)13-25(23,5)6)11-21(17)20(16)10-18(14)22;1-8-5-6-9(7-8)10(2,3)4;1-3-5-7-9-8-6-4-2;;;/h7-13H,1-6H3;6-8H,1-4H3;3-8H2,1-2H3;2*1H;/q;;;;;+2/p-2. The van der Waals surface area contributed by atoms with Gasteiger partial charge in [-0.25, -0.2) is 0 Å². The summed E-state index contributed by atoms with van der Waals surface area (Å²) in [4.78, 5) is 0. The van der Waals surface area contributed by atoms with Gasteiger partial charge in [0.15, 0.2) is 0 Å². The Hall–Kier alpha value is -1.27. The molecule has 6 rings (SSSR count). The average Bonchev–Trinajstić information content (AvgIpc) is 3.62. The van der Waals surface area contributed by atoms with Gasteiger partial charge in [0.05, 0.1) is 0 Å². The van der Waals surface area contributed by atoms with Crippen LogP contribution in [0, 0.1) is 11.3 Å². The van der Waals surface area contributed by atoms with Crippen LogP contribution in [0.4, 0.5) is 0 Å². The minimum atomic E-state index is -2.49. The van der Waals surface area contributed by atoms with E-state index < -0.39 is 21.3 Å². The van der Waals surface area contributed by atoms with E-state index >= 15 is 0 Å². The molecule has 4 aliphatic carbocycles. The number of halogens is 2. The van der Waals surface area contributed by atoms with Crippen LogP contribution < -0.4 is 24.8 Å². The summed E-state index contributed by atoms with van der Waals surface area (Å²) < 4.78 is 4.40. The van der Waals surface area contributed by atoms with E-state index in [0.29, 0.717) is 9.54 Å². The van der Waals surface area contributed by atoms with Gasteiger partial charge in [-0.3, -0.25) is 0 Å². The molecule has 0 aromatic heterocycles. The zero-order chi connectivity index (χ0) is 32.6. The van der Waals surface area contributed by atoms with Gasteiger partial charge in [0, 0.05) is 0 Å². The van der Waals surface area contributed by atoms with Gasteiger partial charge in [0.1, 0.15) is 0 Å². The average molecular weight is 749 g/mol. The maximum absolute atomic E-state index is 2.74. The Morgan fingerprint density at radius 1 is 0.723 bits per heavy atom. The number of benzene rings is 2. The van der Waals surface area contributed by atoms with Gasteiger partial charge >= 0.3 is 285 Å². The molecule has 1 unspecified atom stereocenters. The summed E-state index contributed by atoms with van der Waals surface area (Å²) in [7, 11) is 0. The molecule has 0 fully saturated rings. The quantitative estimate of drug-likeness (QED) is 0.278. The second-order valence-corrected chi connectivity index (χ2v) is 23.6. The van der Waals surface area contributed by atoms with Crippen LogP contribution in [0.15, 0.2) is 57.4 Å². The van der Waals surface area contributed by atoms with Crippen molar-refractivity contribution in [3.05, 3.63) is 90.8 Å². The summed E-state index contributed by atoms with van der Waals surface area (Å²) in [5, 5.41) is 0. The van der Waals surface area contributed by atoms with Crippen LogP contribution in [0.2, 0.25) is 0 Å². The van der Waals surface area contributed by atoms with Crippen molar-refractivity contribution < 1.29 is 46.1 Å². The fourth-order valence-corrected chi connectivity index (χ4v) is 18.9. The van der Waals surface area contributed by atoms with E-state index in [0.717, 1.165) is 0 Å². The van der Waals surface area contributed by atoms with Gasteiger partial charge in [0.2, 0.25) is 0 Å². The Kier molecular flexibility index (Phi) is 11.3. The van der Waals surface area contributed by atoms with E-state index in [-0.39, 0.29) is 41.1 Å². The molecule has 3 heteroatoms. The van der Waals surface area contributed by atoms with E-state index in [1.807, 2.05) is 6.49 Å². The van der Waals surface area contributed by atoms with Crippen molar-refractivity contribution in [3.8, 4) is 11.1 Å². The van der Waals surface area contributed by atoms with Gasteiger partial charge in [-0.05, 0) is 0 Å². The number of fused-ring (bicyclic) bond motifs is 5. The largest absolute Gasteiger partial charge is 1.00 e. The third-order valence-corrected chi connectivity index (χ3v) is 20.5. The number of hydrogen-bond donors (Lipinski definition) is 0. The first-order valence-corrected chi connectivity index (χ1v) is 21.9. The summed E-state index contributed by atoms with van der Waals surface area (Å²) in [6, 6.07) is 10.7. The van der Waals surface area contributed by atoms with Gasteiger partial charge in [-0.15, -0.1) is 0 Å². The predicted molar refractivity (Wildman–Crippen MR) is 196 cm³/mol. The number of unbranched alkanes of at least 4 members (excludes halogenated alkanes) is 2. The van der Waals surface area contributed by atoms with Crippen LogP contribution in [-0.4, -0.2) is 3.21 Å². The van der Waals surface area contributed by atoms with Crippen molar-refractivity contribution >= 4 is 14.4 Å². The van der Waals surface area contributed by atoms with Crippen LogP contribution in [0.25, 0.3) is 22.3 Å².